The van der Waals surface area contributed by atoms with Gasteiger partial charge in [0.15, 0.2) is 6.10 Å². The fraction of sp³-hybridized carbons (Fsp3) is 0.238. The number of benzene rings is 2. The van der Waals surface area contributed by atoms with Gasteiger partial charge in [0.1, 0.15) is 0 Å². The molecular weight excluding hydrogens is 394 g/mol. The summed E-state index contributed by atoms with van der Waals surface area (Å²) < 4.78 is 6.43. The van der Waals surface area contributed by atoms with Crippen LogP contribution in [0.3, 0.4) is 0 Å². The lowest BCUT2D eigenvalue weighted by molar-refractivity contribution is -0.154. The Bertz CT molecular complexity index is 1130. The molecule has 0 fully saturated rings. The molecule has 0 aliphatic heterocycles. The Labute approximate surface area is 172 Å². The van der Waals surface area contributed by atoms with Crippen LogP contribution in [0.25, 0.3) is 10.8 Å². The topological polar surface area (TPSA) is 90.3 Å². The number of rotatable bonds is 6. The maximum Gasteiger partial charge on any atom is 0.312 e. The predicted octanol–water partition coefficient (Wildman–Crippen LogP) is 2.38. The summed E-state index contributed by atoms with van der Waals surface area (Å²) >= 11 is 6.07. The van der Waals surface area contributed by atoms with Gasteiger partial charge in [0.2, 0.25) is 0 Å². The minimum atomic E-state index is -0.983. The van der Waals surface area contributed by atoms with Crippen molar-refractivity contribution in [3.8, 4) is 0 Å². The smallest absolute Gasteiger partial charge is 0.312 e. The van der Waals surface area contributed by atoms with Crippen LogP contribution in [0.2, 0.25) is 5.02 Å². The van der Waals surface area contributed by atoms with E-state index in [0.29, 0.717) is 21.5 Å². The molecule has 0 aliphatic carbocycles. The highest BCUT2D eigenvalue weighted by Gasteiger charge is 2.20. The van der Waals surface area contributed by atoms with Crippen LogP contribution in [0, 0.1) is 0 Å². The molecule has 0 spiro atoms. The van der Waals surface area contributed by atoms with Crippen LogP contribution in [-0.4, -0.2) is 27.8 Å². The van der Waals surface area contributed by atoms with Crippen molar-refractivity contribution in [2.24, 2.45) is 7.05 Å². The minimum absolute atomic E-state index is 0.156. The van der Waals surface area contributed by atoms with Crippen LogP contribution >= 0.6 is 11.6 Å². The monoisotopic (exact) mass is 413 g/mol. The number of fused-ring (bicyclic) bond motifs is 1. The number of amides is 1. The highest BCUT2D eigenvalue weighted by molar-refractivity contribution is 6.31. The molecule has 1 N–H and O–H groups in total. The van der Waals surface area contributed by atoms with Crippen molar-refractivity contribution in [3.63, 3.8) is 0 Å². The number of ether oxygens (including phenoxy) is 1. The van der Waals surface area contributed by atoms with E-state index in [1.165, 1.54) is 18.7 Å². The van der Waals surface area contributed by atoms with Gasteiger partial charge in [-0.25, -0.2) is 4.68 Å². The number of hydrogen-bond acceptors (Lipinski definition) is 5. The molecule has 0 saturated heterocycles. The number of hydrogen-bond donors (Lipinski definition) is 1. The molecule has 7 nitrogen and oxygen atoms in total. The summed E-state index contributed by atoms with van der Waals surface area (Å²) in [6.45, 7) is 1.72. The third-order valence-electron chi connectivity index (χ3n) is 4.43. The summed E-state index contributed by atoms with van der Waals surface area (Å²) in [5.41, 5.74) is 0.934. The number of carbonyl (C=O) groups excluding carboxylic acids is 2. The van der Waals surface area contributed by atoms with E-state index in [2.05, 4.69) is 10.4 Å². The first-order chi connectivity index (χ1) is 13.9. The van der Waals surface area contributed by atoms with Crippen molar-refractivity contribution in [1.29, 1.82) is 0 Å². The van der Waals surface area contributed by atoms with Crippen molar-refractivity contribution >= 4 is 34.2 Å². The van der Waals surface area contributed by atoms with Crippen molar-refractivity contribution in [2.45, 2.75) is 26.0 Å². The van der Waals surface area contributed by atoms with Crippen LogP contribution in [0.4, 0.5) is 0 Å². The van der Waals surface area contributed by atoms with Crippen LogP contribution in [0.5, 0.6) is 0 Å². The second kappa shape index (κ2) is 8.87. The third-order valence-corrected chi connectivity index (χ3v) is 4.80. The van der Waals surface area contributed by atoms with Gasteiger partial charge in [0.25, 0.3) is 11.5 Å². The number of aromatic nitrogens is 2. The first kappa shape index (κ1) is 20.5. The second-order valence-electron chi connectivity index (χ2n) is 6.54. The van der Waals surface area contributed by atoms with Gasteiger partial charge < -0.3 is 10.1 Å². The molecule has 0 radical (unpaired) electrons. The summed E-state index contributed by atoms with van der Waals surface area (Å²) in [4.78, 5) is 36.7. The molecule has 1 aromatic heterocycles. The molecule has 0 bridgehead atoms. The summed E-state index contributed by atoms with van der Waals surface area (Å²) in [7, 11) is 1.52. The van der Waals surface area contributed by atoms with E-state index < -0.39 is 18.0 Å². The van der Waals surface area contributed by atoms with E-state index in [-0.39, 0.29) is 18.5 Å². The predicted molar refractivity (Wildman–Crippen MR) is 110 cm³/mol. The van der Waals surface area contributed by atoms with Gasteiger partial charge >= 0.3 is 5.97 Å². The molecule has 1 atom stereocenters. The van der Waals surface area contributed by atoms with E-state index in [0.717, 1.165) is 5.56 Å². The molecule has 0 aliphatic rings. The summed E-state index contributed by atoms with van der Waals surface area (Å²) in [5.74, 6) is -1.04. The van der Waals surface area contributed by atoms with Crippen LogP contribution in [-0.2, 0) is 34.3 Å². The zero-order valence-corrected chi connectivity index (χ0v) is 16.8. The van der Waals surface area contributed by atoms with E-state index in [1.807, 2.05) is 6.07 Å². The fourth-order valence-corrected chi connectivity index (χ4v) is 3.11. The van der Waals surface area contributed by atoms with Crippen molar-refractivity contribution in [1.82, 2.24) is 15.1 Å². The number of nitrogens with one attached hydrogen (secondary N) is 1. The largest absolute Gasteiger partial charge is 0.452 e. The Morgan fingerprint density at radius 2 is 1.79 bits per heavy atom. The molecule has 29 heavy (non-hydrogen) atoms. The number of aryl methyl sites for hydroxylation is 1. The molecule has 1 amide bonds. The Morgan fingerprint density at radius 3 is 2.52 bits per heavy atom. The first-order valence-electron chi connectivity index (χ1n) is 9.02. The molecule has 0 saturated carbocycles. The number of halogens is 1. The quantitative estimate of drug-likeness (QED) is 0.626. The molecule has 8 heteroatoms. The molecule has 2 aromatic carbocycles. The van der Waals surface area contributed by atoms with Gasteiger partial charge in [0.05, 0.1) is 17.5 Å². The fourth-order valence-electron chi connectivity index (χ4n) is 2.90. The molecule has 3 rings (SSSR count). The lowest BCUT2D eigenvalue weighted by atomic mass is 10.1. The van der Waals surface area contributed by atoms with E-state index in [1.54, 1.807) is 42.5 Å². The maximum absolute atomic E-state index is 12.3. The molecule has 150 valence electrons. The normalized spacial score (nSPS) is 11.8. The lowest BCUT2D eigenvalue weighted by Crippen LogP contribution is -2.36. The van der Waals surface area contributed by atoms with E-state index in [4.69, 9.17) is 16.3 Å². The highest BCUT2D eigenvalue weighted by atomic mass is 35.5. The molecule has 0 unspecified atom stereocenters. The Hall–Kier alpha value is -3.19. The lowest BCUT2D eigenvalue weighted by Gasteiger charge is -2.14. The van der Waals surface area contributed by atoms with Crippen LogP contribution in [0.1, 0.15) is 18.2 Å². The van der Waals surface area contributed by atoms with Crippen LogP contribution in [0.15, 0.2) is 53.3 Å². The number of carbonyl (C=O) groups is 2. The SMILES string of the molecule is C[C@@H](OC(=O)Cc1nn(C)c(=O)c2ccccc12)C(=O)NCc1ccccc1Cl. The van der Waals surface area contributed by atoms with Gasteiger partial charge in [0, 0.05) is 24.0 Å². The average molecular weight is 414 g/mol. The summed E-state index contributed by atoms with van der Waals surface area (Å²) in [5, 5.41) is 8.46. The van der Waals surface area contributed by atoms with Gasteiger partial charge in [-0.3, -0.25) is 14.4 Å². The number of nitrogens with zero attached hydrogens (tertiary/aromatic N) is 2. The Kier molecular flexibility index (Phi) is 6.29. The highest BCUT2D eigenvalue weighted by Crippen LogP contribution is 2.15. The standard InChI is InChI=1S/C21H20ClN3O4/c1-13(20(27)23-12-14-7-3-6-10-17(14)22)29-19(26)11-18-15-8-4-5-9-16(15)21(28)25(2)24-18/h3-10,13H,11-12H2,1-2H3,(H,23,27)/t13-/m1/s1. The molecule has 1 heterocycles. The van der Waals surface area contributed by atoms with E-state index in [9.17, 15) is 14.4 Å². The van der Waals surface area contributed by atoms with Crippen molar-refractivity contribution in [3.05, 3.63) is 75.2 Å². The zero-order chi connectivity index (χ0) is 21.0. The van der Waals surface area contributed by atoms with Crippen molar-refractivity contribution < 1.29 is 14.3 Å². The first-order valence-corrected chi connectivity index (χ1v) is 9.40. The minimum Gasteiger partial charge on any atom is -0.452 e. The van der Waals surface area contributed by atoms with Crippen LogP contribution < -0.4 is 10.9 Å². The van der Waals surface area contributed by atoms with Gasteiger partial charge in [-0.1, -0.05) is 48.0 Å². The summed E-state index contributed by atoms with van der Waals surface area (Å²) in [6.07, 6.45) is -1.14. The van der Waals surface area contributed by atoms with Gasteiger partial charge in [-0.2, -0.15) is 5.10 Å². The van der Waals surface area contributed by atoms with Gasteiger partial charge in [-0.15, -0.1) is 0 Å². The molecule has 3 aromatic rings. The maximum atomic E-state index is 12.3. The summed E-state index contributed by atoms with van der Waals surface area (Å²) in [6, 6.07) is 14.1. The third kappa shape index (κ3) is 4.81. The Morgan fingerprint density at radius 1 is 1.14 bits per heavy atom. The van der Waals surface area contributed by atoms with E-state index >= 15 is 0 Å². The second-order valence-corrected chi connectivity index (χ2v) is 6.95. The molecular formula is C21H20ClN3O4. The Balaban J connectivity index is 1.64. The zero-order valence-electron chi connectivity index (χ0n) is 16.0. The average Bonchev–Trinajstić information content (AvgIpc) is 2.71. The van der Waals surface area contributed by atoms with Crippen molar-refractivity contribution in [2.75, 3.05) is 0 Å². The van der Waals surface area contributed by atoms with Gasteiger partial charge in [-0.05, 0) is 24.6 Å². The number of esters is 1.